The average molecular weight is 466 g/mol. The van der Waals surface area contributed by atoms with Crippen molar-refractivity contribution in [3.05, 3.63) is 24.0 Å². The maximum Gasteiger partial charge on any atom is 0.407 e. The Kier molecular flexibility index (Phi) is 9.28. The Bertz CT molecular complexity index is 805. The Hall–Kier alpha value is -2.43. The van der Waals surface area contributed by atoms with Gasteiger partial charge in [-0.1, -0.05) is 19.4 Å². The molecule has 33 heavy (non-hydrogen) atoms. The van der Waals surface area contributed by atoms with Gasteiger partial charge < -0.3 is 30.3 Å². The summed E-state index contributed by atoms with van der Waals surface area (Å²) in [6.07, 6.45) is 0.575. The summed E-state index contributed by atoms with van der Waals surface area (Å²) in [6.45, 7) is 6.75. The molecule has 2 heterocycles. The van der Waals surface area contributed by atoms with Crippen molar-refractivity contribution in [1.29, 1.82) is 0 Å². The fourth-order valence-corrected chi connectivity index (χ4v) is 4.27. The van der Waals surface area contributed by atoms with Gasteiger partial charge in [-0.3, -0.25) is 9.69 Å². The van der Waals surface area contributed by atoms with Crippen LogP contribution in [0.3, 0.4) is 0 Å². The van der Waals surface area contributed by atoms with Crippen LogP contribution < -0.4 is 20.4 Å². The van der Waals surface area contributed by atoms with Crippen molar-refractivity contribution >= 4 is 23.4 Å². The zero-order valence-electron chi connectivity index (χ0n) is 19.6. The van der Waals surface area contributed by atoms with Gasteiger partial charge in [0, 0.05) is 52.9 Å². The van der Waals surface area contributed by atoms with Crippen molar-refractivity contribution in [3.63, 3.8) is 0 Å². The highest BCUT2D eigenvalue weighted by Gasteiger charge is 2.32. The van der Waals surface area contributed by atoms with Gasteiger partial charge in [0.2, 0.25) is 5.91 Å². The minimum atomic E-state index is -0.812. The van der Waals surface area contributed by atoms with E-state index in [4.69, 9.17) is 4.74 Å². The Labute approximate surface area is 194 Å². The third-order valence-corrected chi connectivity index (χ3v) is 6.09. The van der Waals surface area contributed by atoms with Crippen LogP contribution in [0.4, 0.5) is 20.6 Å². The van der Waals surface area contributed by atoms with E-state index in [-0.39, 0.29) is 31.2 Å². The second-order valence-electron chi connectivity index (χ2n) is 8.63. The summed E-state index contributed by atoms with van der Waals surface area (Å²) in [4.78, 5) is 30.6. The monoisotopic (exact) mass is 465 g/mol. The van der Waals surface area contributed by atoms with Crippen LogP contribution in [-0.2, 0) is 9.53 Å². The molecule has 2 amide bonds. The first-order valence-electron chi connectivity index (χ1n) is 11.8. The van der Waals surface area contributed by atoms with Crippen molar-refractivity contribution in [2.75, 3.05) is 69.3 Å². The number of nitrogens with one attached hydrogen (secondary N) is 2. The molecule has 184 valence electrons. The Morgan fingerprint density at radius 3 is 2.79 bits per heavy atom. The fourth-order valence-electron chi connectivity index (χ4n) is 4.27. The van der Waals surface area contributed by atoms with Crippen LogP contribution in [0.25, 0.3) is 0 Å². The number of rotatable bonds is 8. The summed E-state index contributed by atoms with van der Waals surface area (Å²) in [5.41, 5.74) is 0.692. The molecule has 0 spiro atoms. The topological polar surface area (TPSA) is 97.4 Å². The number of benzene rings is 1. The normalized spacial score (nSPS) is 20.6. The van der Waals surface area contributed by atoms with Crippen molar-refractivity contribution in [1.82, 2.24) is 15.5 Å². The number of carbonyl (C=O) groups excluding carboxylic acids is 2. The Balaban J connectivity index is 1.76. The van der Waals surface area contributed by atoms with E-state index in [1.54, 1.807) is 24.1 Å². The zero-order chi connectivity index (χ0) is 23.8. The summed E-state index contributed by atoms with van der Waals surface area (Å²) in [6, 6.07) is 3.77. The highest BCUT2D eigenvalue weighted by molar-refractivity contribution is 6.01. The third kappa shape index (κ3) is 6.78. The predicted octanol–water partition coefficient (Wildman–Crippen LogP) is 1.16. The summed E-state index contributed by atoms with van der Waals surface area (Å²) < 4.78 is 20.1. The molecule has 1 fully saturated rings. The fraction of sp³-hybridized carbons (Fsp3) is 0.652. The van der Waals surface area contributed by atoms with E-state index < -0.39 is 24.1 Å². The van der Waals surface area contributed by atoms with Gasteiger partial charge >= 0.3 is 6.09 Å². The molecule has 0 aliphatic carbocycles. The van der Waals surface area contributed by atoms with Gasteiger partial charge in [-0.2, -0.15) is 0 Å². The molecule has 9 nitrogen and oxygen atoms in total. The molecule has 10 heteroatoms. The number of piperazine rings is 1. The second-order valence-corrected chi connectivity index (χ2v) is 8.63. The number of halogens is 1. The minimum Gasteiger partial charge on any atom is -0.450 e. The van der Waals surface area contributed by atoms with Crippen molar-refractivity contribution in [2.24, 2.45) is 0 Å². The van der Waals surface area contributed by atoms with Crippen LogP contribution in [0.1, 0.15) is 26.2 Å². The van der Waals surface area contributed by atoms with Gasteiger partial charge in [-0.15, -0.1) is 0 Å². The first kappa shape index (κ1) is 25.2. The number of alkyl carbamates (subject to hydrolysis) is 1. The van der Waals surface area contributed by atoms with Crippen LogP contribution in [-0.4, -0.2) is 93.6 Å². The molecule has 0 saturated carbocycles. The number of hydrogen-bond acceptors (Lipinski definition) is 7. The lowest BCUT2D eigenvalue weighted by atomic mass is 10.1. The molecule has 3 rings (SSSR count). The quantitative estimate of drug-likeness (QED) is 0.496. The average Bonchev–Trinajstić information content (AvgIpc) is 2.80. The van der Waals surface area contributed by atoms with Gasteiger partial charge in [0.15, 0.2) is 0 Å². The minimum absolute atomic E-state index is 0.216. The zero-order valence-corrected chi connectivity index (χ0v) is 19.6. The van der Waals surface area contributed by atoms with Gasteiger partial charge in [0.25, 0.3) is 0 Å². The first-order valence-corrected chi connectivity index (χ1v) is 11.8. The molecule has 1 aromatic carbocycles. The molecule has 0 bridgehead atoms. The number of aliphatic hydroxyl groups excluding tert-OH is 1. The first-order chi connectivity index (χ1) is 15.9. The maximum absolute atomic E-state index is 15.0. The Morgan fingerprint density at radius 2 is 2.06 bits per heavy atom. The number of para-hydroxylation sites is 1. The van der Waals surface area contributed by atoms with Gasteiger partial charge in [-0.05, 0) is 25.0 Å². The number of carbonyl (C=O) groups is 2. The standard InChI is InChI=1S/C23H36FN5O4/c1-3-4-14-33-23(32)26-19-8-11-29(16-17(30)15-28-12-9-25-10-13-28)21-18(24)6-5-7-20(21)27(2)22(19)31/h5-7,17,19,25,30H,3-4,8-16H2,1-2H3,(H,26,32)/t17?,19-/m0/s1. The van der Waals surface area contributed by atoms with E-state index in [2.05, 4.69) is 15.5 Å². The van der Waals surface area contributed by atoms with E-state index >= 15 is 0 Å². The van der Waals surface area contributed by atoms with Gasteiger partial charge in [-0.25, -0.2) is 9.18 Å². The SMILES string of the molecule is CCCCOC(=O)N[C@H]1CCN(CC(O)CN2CCNCC2)c2c(F)cccc2N(C)C1=O. The molecule has 0 radical (unpaired) electrons. The van der Waals surface area contributed by atoms with Crippen LogP contribution in [0.2, 0.25) is 0 Å². The number of nitrogens with zero attached hydrogens (tertiary/aromatic N) is 3. The molecule has 2 aliphatic rings. The highest BCUT2D eigenvalue weighted by Crippen LogP contribution is 2.34. The van der Waals surface area contributed by atoms with E-state index in [9.17, 15) is 19.1 Å². The van der Waals surface area contributed by atoms with Crippen LogP contribution >= 0.6 is 0 Å². The second kappa shape index (κ2) is 12.2. The summed E-state index contributed by atoms with van der Waals surface area (Å²) in [7, 11) is 1.57. The Morgan fingerprint density at radius 1 is 1.30 bits per heavy atom. The molecule has 2 aliphatic heterocycles. The number of ether oxygens (including phenoxy) is 1. The molecule has 1 aromatic rings. The number of unbranched alkanes of at least 4 members (excludes halogenated alkanes) is 1. The maximum atomic E-state index is 15.0. The number of hydrogen-bond donors (Lipinski definition) is 3. The lowest BCUT2D eigenvalue weighted by molar-refractivity contribution is -0.120. The number of likely N-dealkylation sites (N-methyl/N-ethyl adjacent to an activating group) is 1. The van der Waals surface area contributed by atoms with Gasteiger partial charge in [0.1, 0.15) is 11.9 Å². The van der Waals surface area contributed by atoms with Crippen molar-refractivity contribution in [2.45, 2.75) is 38.3 Å². The predicted molar refractivity (Wildman–Crippen MR) is 125 cm³/mol. The lowest BCUT2D eigenvalue weighted by Gasteiger charge is -2.37. The van der Waals surface area contributed by atoms with Crippen LogP contribution in [0.15, 0.2) is 18.2 Å². The molecular formula is C23H36FN5O4. The third-order valence-electron chi connectivity index (χ3n) is 6.09. The molecule has 1 unspecified atom stereocenters. The van der Waals surface area contributed by atoms with E-state index in [0.717, 1.165) is 39.0 Å². The number of amides is 2. The molecule has 3 N–H and O–H groups in total. The summed E-state index contributed by atoms with van der Waals surface area (Å²) in [5, 5.41) is 16.7. The molecule has 2 atom stereocenters. The number of fused-ring (bicyclic) bond motifs is 1. The number of β-amino-alcohol motifs (C(OH)–C–C–N with tert-alkyl or cyclic N) is 1. The summed E-state index contributed by atoms with van der Waals surface area (Å²) >= 11 is 0. The number of anilines is 2. The number of aliphatic hydroxyl groups is 1. The largest absolute Gasteiger partial charge is 0.450 e. The van der Waals surface area contributed by atoms with Crippen molar-refractivity contribution in [3.8, 4) is 0 Å². The van der Waals surface area contributed by atoms with Crippen LogP contribution in [0.5, 0.6) is 0 Å². The molecule has 0 aromatic heterocycles. The van der Waals surface area contributed by atoms with E-state index in [0.29, 0.717) is 18.8 Å². The van der Waals surface area contributed by atoms with Crippen LogP contribution in [0, 0.1) is 5.82 Å². The summed E-state index contributed by atoms with van der Waals surface area (Å²) in [5.74, 6) is -0.790. The van der Waals surface area contributed by atoms with Gasteiger partial charge in [0.05, 0.1) is 24.1 Å². The molecule has 1 saturated heterocycles. The highest BCUT2D eigenvalue weighted by atomic mass is 19.1. The van der Waals surface area contributed by atoms with Crippen molar-refractivity contribution < 1.29 is 23.8 Å². The lowest BCUT2D eigenvalue weighted by Crippen LogP contribution is -2.52. The van der Waals surface area contributed by atoms with E-state index in [1.807, 2.05) is 6.92 Å². The molecular weight excluding hydrogens is 429 g/mol. The smallest absolute Gasteiger partial charge is 0.407 e. The van der Waals surface area contributed by atoms with E-state index in [1.165, 1.54) is 11.0 Å².